The minimum atomic E-state index is 0.330. The second-order valence-electron chi connectivity index (χ2n) is 5.05. The molecule has 0 bridgehead atoms. The van der Waals surface area contributed by atoms with Gasteiger partial charge in [-0.05, 0) is 25.0 Å². The lowest BCUT2D eigenvalue weighted by molar-refractivity contribution is 0.112. The normalized spacial score (nSPS) is 15.7. The molecule has 1 heterocycles. The maximum absolute atomic E-state index is 11.4. The number of aromatic nitrogens is 2. The minimum absolute atomic E-state index is 0.330. The van der Waals surface area contributed by atoms with Crippen LogP contribution in [0.4, 0.5) is 0 Å². The first-order valence-corrected chi connectivity index (χ1v) is 7.46. The van der Waals surface area contributed by atoms with Crippen molar-refractivity contribution in [1.29, 1.82) is 0 Å². The number of hydrogen-bond donors (Lipinski definition) is 0. The lowest BCUT2D eigenvalue weighted by atomic mass is 10.0. The van der Waals surface area contributed by atoms with E-state index in [2.05, 4.69) is 5.10 Å². The molecule has 0 N–H and O–H groups in total. The summed E-state index contributed by atoms with van der Waals surface area (Å²) in [5.41, 5.74) is 2.01. The number of rotatable bonds is 3. The third-order valence-electron chi connectivity index (χ3n) is 3.83. The summed E-state index contributed by atoms with van der Waals surface area (Å²) in [6.45, 7) is 0. The molecule has 1 aromatic carbocycles. The maximum atomic E-state index is 11.4. The standard InChI is InChI=1S/C15H14Cl2N2O/c16-12-7-3-4-8-13(12)19-15(17)11(9-20)14(18-19)10-5-1-2-6-10/h3-4,7-10H,1-2,5-6H2. The van der Waals surface area contributed by atoms with Gasteiger partial charge in [-0.2, -0.15) is 5.10 Å². The average Bonchev–Trinajstić information content (AvgIpc) is 3.07. The van der Waals surface area contributed by atoms with Gasteiger partial charge in [-0.1, -0.05) is 48.2 Å². The minimum Gasteiger partial charge on any atom is -0.298 e. The molecule has 0 amide bonds. The molecule has 1 fully saturated rings. The number of aldehydes is 1. The highest BCUT2D eigenvalue weighted by atomic mass is 35.5. The van der Waals surface area contributed by atoms with Crippen molar-refractivity contribution in [2.45, 2.75) is 31.6 Å². The second kappa shape index (κ2) is 5.58. The summed E-state index contributed by atoms with van der Waals surface area (Å²) < 4.78 is 1.57. The summed E-state index contributed by atoms with van der Waals surface area (Å²) in [5.74, 6) is 0.330. The molecular formula is C15H14Cl2N2O. The topological polar surface area (TPSA) is 34.9 Å². The van der Waals surface area contributed by atoms with E-state index in [9.17, 15) is 4.79 Å². The van der Waals surface area contributed by atoms with E-state index >= 15 is 0 Å². The van der Waals surface area contributed by atoms with Gasteiger partial charge >= 0.3 is 0 Å². The third kappa shape index (κ3) is 2.25. The molecule has 3 rings (SSSR count). The van der Waals surface area contributed by atoms with E-state index in [1.54, 1.807) is 10.7 Å². The van der Waals surface area contributed by atoms with Crippen LogP contribution in [0.3, 0.4) is 0 Å². The van der Waals surface area contributed by atoms with Crippen molar-refractivity contribution in [3.8, 4) is 5.69 Å². The molecule has 0 spiro atoms. The molecule has 0 unspecified atom stereocenters. The molecule has 104 valence electrons. The number of benzene rings is 1. The van der Waals surface area contributed by atoms with Gasteiger partial charge in [0.25, 0.3) is 0 Å². The first-order chi connectivity index (χ1) is 9.72. The second-order valence-corrected chi connectivity index (χ2v) is 5.82. The van der Waals surface area contributed by atoms with Crippen LogP contribution in [-0.2, 0) is 0 Å². The Labute approximate surface area is 127 Å². The van der Waals surface area contributed by atoms with Crippen molar-refractivity contribution >= 4 is 29.5 Å². The number of halogens is 2. The number of carbonyl (C=O) groups excluding carboxylic acids is 1. The van der Waals surface area contributed by atoms with Crippen LogP contribution in [0.5, 0.6) is 0 Å². The average molecular weight is 309 g/mol. The summed E-state index contributed by atoms with van der Waals surface area (Å²) in [4.78, 5) is 11.4. The lowest BCUT2D eigenvalue weighted by Crippen LogP contribution is -2.00. The summed E-state index contributed by atoms with van der Waals surface area (Å²) in [6, 6.07) is 7.34. The van der Waals surface area contributed by atoms with Gasteiger partial charge in [0, 0.05) is 5.92 Å². The van der Waals surface area contributed by atoms with Gasteiger partial charge in [0.05, 0.1) is 22.0 Å². The van der Waals surface area contributed by atoms with Gasteiger partial charge in [0.2, 0.25) is 0 Å². The van der Waals surface area contributed by atoms with Crippen molar-refractivity contribution in [2.24, 2.45) is 0 Å². The Bertz CT molecular complexity index is 645. The fourth-order valence-corrected chi connectivity index (χ4v) is 3.30. The molecule has 0 atom stereocenters. The van der Waals surface area contributed by atoms with Gasteiger partial charge in [0.1, 0.15) is 5.15 Å². The third-order valence-corrected chi connectivity index (χ3v) is 4.52. The fraction of sp³-hybridized carbons (Fsp3) is 0.333. The van der Waals surface area contributed by atoms with E-state index in [4.69, 9.17) is 23.2 Å². The van der Waals surface area contributed by atoms with Gasteiger partial charge in [-0.3, -0.25) is 4.79 Å². The van der Waals surface area contributed by atoms with Gasteiger partial charge < -0.3 is 0 Å². The van der Waals surface area contributed by atoms with Gasteiger partial charge in [0.15, 0.2) is 6.29 Å². The number of carbonyl (C=O) groups is 1. The summed E-state index contributed by atoms with van der Waals surface area (Å²) in [7, 11) is 0. The quantitative estimate of drug-likeness (QED) is 0.774. The lowest BCUT2D eigenvalue weighted by Gasteiger charge is -2.06. The summed E-state index contributed by atoms with van der Waals surface area (Å²) in [6.07, 6.45) is 5.29. The van der Waals surface area contributed by atoms with Crippen LogP contribution in [0.15, 0.2) is 24.3 Å². The molecule has 0 aliphatic heterocycles. The zero-order valence-corrected chi connectivity index (χ0v) is 12.4. The first kappa shape index (κ1) is 13.7. The Morgan fingerprint density at radius 2 is 1.90 bits per heavy atom. The molecule has 0 saturated heterocycles. The first-order valence-electron chi connectivity index (χ1n) is 6.71. The Morgan fingerprint density at radius 1 is 1.20 bits per heavy atom. The molecular weight excluding hydrogens is 295 g/mol. The molecule has 1 aliphatic rings. The van der Waals surface area contributed by atoms with E-state index in [1.165, 1.54) is 12.8 Å². The van der Waals surface area contributed by atoms with Crippen LogP contribution in [0.1, 0.15) is 47.7 Å². The smallest absolute Gasteiger partial charge is 0.155 e. The highest BCUT2D eigenvalue weighted by Crippen LogP contribution is 2.37. The van der Waals surface area contributed by atoms with E-state index in [-0.39, 0.29) is 0 Å². The predicted octanol–water partition coefficient (Wildman–Crippen LogP) is 4.65. The van der Waals surface area contributed by atoms with Crippen molar-refractivity contribution in [1.82, 2.24) is 9.78 Å². The monoisotopic (exact) mass is 308 g/mol. The zero-order chi connectivity index (χ0) is 14.1. The SMILES string of the molecule is O=Cc1c(C2CCCC2)nn(-c2ccccc2Cl)c1Cl. The number of hydrogen-bond acceptors (Lipinski definition) is 2. The largest absolute Gasteiger partial charge is 0.298 e. The summed E-state index contributed by atoms with van der Waals surface area (Å²) >= 11 is 12.5. The molecule has 1 aliphatic carbocycles. The Kier molecular flexibility index (Phi) is 3.81. The number of nitrogens with zero attached hydrogens (tertiary/aromatic N) is 2. The Balaban J connectivity index is 2.13. The van der Waals surface area contributed by atoms with Crippen LogP contribution in [-0.4, -0.2) is 16.1 Å². The van der Waals surface area contributed by atoms with Crippen LogP contribution in [0.25, 0.3) is 5.69 Å². The zero-order valence-electron chi connectivity index (χ0n) is 10.9. The van der Waals surface area contributed by atoms with Crippen LogP contribution in [0, 0.1) is 0 Å². The van der Waals surface area contributed by atoms with E-state index in [0.29, 0.717) is 27.3 Å². The summed E-state index contributed by atoms with van der Waals surface area (Å²) in [5, 5.41) is 5.47. The Hall–Kier alpha value is -1.32. The highest BCUT2D eigenvalue weighted by molar-refractivity contribution is 6.34. The highest BCUT2D eigenvalue weighted by Gasteiger charge is 2.26. The van der Waals surface area contributed by atoms with Crippen LogP contribution >= 0.6 is 23.2 Å². The van der Waals surface area contributed by atoms with E-state index < -0.39 is 0 Å². The van der Waals surface area contributed by atoms with Crippen molar-refractivity contribution in [3.05, 3.63) is 45.7 Å². The van der Waals surface area contributed by atoms with E-state index in [0.717, 1.165) is 24.8 Å². The van der Waals surface area contributed by atoms with Crippen LogP contribution in [0.2, 0.25) is 10.2 Å². The van der Waals surface area contributed by atoms with Crippen molar-refractivity contribution < 1.29 is 4.79 Å². The fourth-order valence-electron chi connectivity index (χ4n) is 2.82. The molecule has 1 aromatic heterocycles. The molecule has 20 heavy (non-hydrogen) atoms. The predicted molar refractivity (Wildman–Crippen MR) is 80.2 cm³/mol. The molecule has 5 heteroatoms. The van der Waals surface area contributed by atoms with Gasteiger partial charge in [-0.25, -0.2) is 4.68 Å². The molecule has 0 radical (unpaired) electrons. The molecule has 1 saturated carbocycles. The van der Waals surface area contributed by atoms with Gasteiger partial charge in [-0.15, -0.1) is 0 Å². The van der Waals surface area contributed by atoms with Crippen LogP contribution < -0.4 is 0 Å². The van der Waals surface area contributed by atoms with E-state index in [1.807, 2.05) is 18.2 Å². The Morgan fingerprint density at radius 3 is 2.55 bits per heavy atom. The van der Waals surface area contributed by atoms with Crippen molar-refractivity contribution in [3.63, 3.8) is 0 Å². The number of para-hydroxylation sites is 1. The molecule has 2 aromatic rings. The molecule has 3 nitrogen and oxygen atoms in total. The van der Waals surface area contributed by atoms with Crippen molar-refractivity contribution in [2.75, 3.05) is 0 Å². The maximum Gasteiger partial charge on any atom is 0.155 e.